The van der Waals surface area contributed by atoms with Gasteiger partial charge in [0.2, 0.25) is 0 Å². The van der Waals surface area contributed by atoms with E-state index in [-0.39, 0.29) is 6.61 Å². The zero-order valence-electron chi connectivity index (χ0n) is 15.3. The van der Waals surface area contributed by atoms with Crippen molar-refractivity contribution in [2.75, 3.05) is 18.5 Å². The smallest absolute Gasteiger partial charge is 0.344 e. The predicted molar refractivity (Wildman–Crippen MR) is 105 cm³/mol. The molecule has 3 rings (SSSR count). The number of carbonyl (C=O) groups is 2. The fraction of sp³-hybridized carbons (Fsp3) is 0.200. The van der Waals surface area contributed by atoms with E-state index in [9.17, 15) is 9.59 Å². The number of fused-ring (bicyclic) bond motifs is 1. The zero-order chi connectivity index (χ0) is 20.1. The summed E-state index contributed by atoms with van der Waals surface area (Å²) in [4.78, 5) is 28.1. The van der Waals surface area contributed by atoms with Gasteiger partial charge in [-0.25, -0.2) is 9.78 Å². The molecule has 0 spiro atoms. The first-order valence-electron chi connectivity index (χ1n) is 8.41. The first kappa shape index (κ1) is 19.3. The number of thiazole rings is 1. The van der Waals surface area contributed by atoms with E-state index in [1.807, 2.05) is 32.0 Å². The van der Waals surface area contributed by atoms with Gasteiger partial charge < -0.3 is 9.47 Å². The number of rotatable bonds is 6. The molecule has 0 aliphatic carbocycles. The van der Waals surface area contributed by atoms with E-state index in [1.165, 1.54) is 11.3 Å². The van der Waals surface area contributed by atoms with Crippen LogP contribution in [0.25, 0.3) is 10.2 Å². The summed E-state index contributed by atoms with van der Waals surface area (Å²) in [6, 6.07) is 12.3. The quantitative estimate of drug-likeness (QED) is 0.642. The van der Waals surface area contributed by atoms with E-state index in [2.05, 4.69) is 10.3 Å². The third-order valence-corrected chi connectivity index (χ3v) is 4.70. The van der Waals surface area contributed by atoms with Crippen LogP contribution < -0.4 is 10.1 Å². The van der Waals surface area contributed by atoms with Crippen molar-refractivity contribution in [3.63, 3.8) is 0 Å². The molecule has 0 unspecified atom stereocenters. The number of anilines is 1. The van der Waals surface area contributed by atoms with Gasteiger partial charge in [0.05, 0.1) is 21.8 Å². The maximum atomic E-state index is 12.0. The van der Waals surface area contributed by atoms with Gasteiger partial charge >= 0.3 is 5.97 Å². The Bertz CT molecular complexity index is 1070. The molecule has 0 aliphatic heterocycles. The molecule has 3 aromatic rings. The lowest BCUT2D eigenvalue weighted by molar-refractivity contribution is -0.149. The highest BCUT2D eigenvalue weighted by Gasteiger charge is 2.12. The average Bonchev–Trinajstić information content (AvgIpc) is 3.07. The Hall–Kier alpha value is -3.44. The molecule has 1 heterocycles. The van der Waals surface area contributed by atoms with Crippen molar-refractivity contribution in [1.29, 1.82) is 5.26 Å². The van der Waals surface area contributed by atoms with Gasteiger partial charge in [0, 0.05) is 0 Å². The number of ether oxygens (including phenoxy) is 2. The van der Waals surface area contributed by atoms with E-state index in [0.717, 1.165) is 21.3 Å². The van der Waals surface area contributed by atoms with Gasteiger partial charge in [0.15, 0.2) is 18.3 Å². The standard InChI is InChI=1S/C20H17N3O4S/c1-12-7-13(2)19-16(8-12)28-20(23-19)22-17(24)10-27-18(25)11-26-15-5-3-14(9-21)4-6-15/h3-8H,10-11H2,1-2H3,(H,22,23,24). The predicted octanol–water partition coefficient (Wildman–Crippen LogP) is 3.35. The van der Waals surface area contributed by atoms with Crippen LogP contribution in [0.4, 0.5) is 5.13 Å². The molecule has 7 nitrogen and oxygen atoms in total. The van der Waals surface area contributed by atoms with Crippen LogP contribution in [0.3, 0.4) is 0 Å². The molecule has 0 aliphatic rings. The number of hydrogen-bond donors (Lipinski definition) is 1. The highest BCUT2D eigenvalue weighted by molar-refractivity contribution is 7.22. The largest absolute Gasteiger partial charge is 0.482 e. The Morgan fingerprint density at radius 1 is 1.18 bits per heavy atom. The number of benzene rings is 2. The van der Waals surface area contributed by atoms with Crippen LogP contribution in [0.2, 0.25) is 0 Å². The van der Waals surface area contributed by atoms with Gasteiger partial charge in [-0.15, -0.1) is 0 Å². The second-order valence-electron chi connectivity index (χ2n) is 6.08. The lowest BCUT2D eigenvalue weighted by Crippen LogP contribution is -2.23. The Morgan fingerprint density at radius 2 is 1.93 bits per heavy atom. The summed E-state index contributed by atoms with van der Waals surface area (Å²) in [7, 11) is 0. The maximum Gasteiger partial charge on any atom is 0.344 e. The van der Waals surface area contributed by atoms with E-state index in [0.29, 0.717) is 16.4 Å². The molecule has 28 heavy (non-hydrogen) atoms. The van der Waals surface area contributed by atoms with Gasteiger partial charge in [-0.2, -0.15) is 5.26 Å². The minimum atomic E-state index is -0.671. The van der Waals surface area contributed by atoms with Crippen molar-refractivity contribution in [2.45, 2.75) is 13.8 Å². The lowest BCUT2D eigenvalue weighted by atomic mass is 10.1. The van der Waals surface area contributed by atoms with Crippen LogP contribution in [0.15, 0.2) is 36.4 Å². The molecule has 8 heteroatoms. The number of nitrogens with one attached hydrogen (secondary N) is 1. The Kier molecular flexibility index (Phi) is 5.87. The number of nitrogens with zero attached hydrogens (tertiary/aromatic N) is 2. The normalized spacial score (nSPS) is 10.3. The topological polar surface area (TPSA) is 101 Å². The molecular weight excluding hydrogens is 378 g/mol. The van der Waals surface area contributed by atoms with Gasteiger partial charge in [0.25, 0.3) is 5.91 Å². The van der Waals surface area contributed by atoms with Crippen molar-refractivity contribution in [2.24, 2.45) is 0 Å². The van der Waals surface area contributed by atoms with Gasteiger partial charge in [0.1, 0.15) is 5.75 Å². The number of carbonyl (C=O) groups excluding carboxylic acids is 2. The molecule has 1 aromatic heterocycles. The molecule has 0 saturated heterocycles. The second kappa shape index (κ2) is 8.50. The number of aryl methyl sites for hydroxylation is 2. The fourth-order valence-corrected chi connectivity index (χ4v) is 3.59. The van der Waals surface area contributed by atoms with Crippen LogP contribution in [-0.2, 0) is 14.3 Å². The van der Waals surface area contributed by atoms with Crippen LogP contribution in [0, 0.1) is 25.2 Å². The Balaban J connectivity index is 1.47. The van der Waals surface area contributed by atoms with Gasteiger partial charge in [-0.3, -0.25) is 10.1 Å². The summed E-state index contributed by atoms with van der Waals surface area (Å²) in [5.41, 5.74) is 3.51. The second-order valence-corrected chi connectivity index (χ2v) is 7.11. The summed E-state index contributed by atoms with van der Waals surface area (Å²) in [6.07, 6.45) is 0. The lowest BCUT2D eigenvalue weighted by Gasteiger charge is -2.06. The minimum Gasteiger partial charge on any atom is -0.482 e. The van der Waals surface area contributed by atoms with Crippen molar-refractivity contribution in [3.05, 3.63) is 53.1 Å². The highest BCUT2D eigenvalue weighted by Crippen LogP contribution is 2.29. The summed E-state index contributed by atoms with van der Waals surface area (Å²) in [5.74, 6) is -0.712. The Labute approximate surface area is 165 Å². The fourth-order valence-electron chi connectivity index (χ4n) is 2.54. The molecule has 0 bridgehead atoms. The van der Waals surface area contributed by atoms with Gasteiger partial charge in [-0.05, 0) is 55.3 Å². The van der Waals surface area contributed by atoms with Crippen LogP contribution in [0.1, 0.15) is 16.7 Å². The number of hydrogen-bond acceptors (Lipinski definition) is 7. The van der Waals surface area contributed by atoms with Gasteiger partial charge in [-0.1, -0.05) is 17.4 Å². The summed E-state index contributed by atoms with van der Waals surface area (Å²) in [6.45, 7) is 3.21. The third-order valence-electron chi connectivity index (χ3n) is 3.78. The molecule has 0 fully saturated rings. The first-order chi connectivity index (χ1) is 13.4. The molecule has 0 saturated carbocycles. The number of nitriles is 1. The van der Waals surface area contributed by atoms with Crippen molar-refractivity contribution < 1.29 is 19.1 Å². The first-order valence-corrected chi connectivity index (χ1v) is 9.22. The number of aromatic nitrogens is 1. The van der Waals surface area contributed by atoms with Crippen LogP contribution in [0.5, 0.6) is 5.75 Å². The SMILES string of the molecule is Cc1cc(C)c2nc(NC(=O)COC(=O)COc3ccc(C#N)cc3)sc2c1. The van der Waals surface area contributed by atoms with E-state index in [4.69, 9.17) is 14.7 Å². The monoisotopic (exact) mass is 395 g/mol. The summed E-state index contributed by atoms with van der Waals surface area (Å²) >= 11 is 1.37. The average molecular weight is 395 g/mol. The van der Waals surface area contributed by atoms with Crippen LogP contribution >= 0.6 is 11.3 Å². The molecule has 2 aromatic carbocycles. The van der Waals surface area contributed by atoms with E-state index < -0.39 is 18.5 Å². The molecule has 0 atom stereocenters. The maximum absolute atomic E-state index is 12.0. The van der Waals surface area contributed by atoms with Crippen molar-refractivity contribution in [3.8, 4) is 11.8 Å². The molecule has 142 valence electrons. The third kappa shape index (κ3) is 4.84. The number of amides is 1. The van der Waals surface area contributed by atoms with E-state index in [1.54, 1.807) is 24.3 Å². The van der Waals surface area contributed by atoms with E-state index >= 15 is 0 Å². The minimum absolute atomic E-state index is 0.335. The summed E-state index contributed by atoms with van der Waals surface area (Å²) in [5, 5.41) is 11.8. The zero-order valence-corrected chi connectivity index (χ0v) is 16.1. The van der Waals surface area contributed by atoms with Crippen molar-refractivity contribution >= 4 is 38.6 Å². The highest BCUT2D eigenvalue weighted by atomic mass is 32.1. The summed E-state index contributed by atoms with van der Waals surface area (Å²) < 4.78 is 11.2. The molecule has 0 radical (unpaired) electrons. The molecule has 1 amide bonds. The molecule has 1 N–H and O–H groups in total. The van der Waals surface area contributed by atoms with Crippen LogP contribution in [-0.4, -0.2) is 30.1 Å². The molecular formula is C20H17N3O4S. The van der Waals surface area contributed by atoms with Crippen molar-refractivity contribution in [1.82, 2.24) is 4.98 Å². The number of esters is 1. The Morgan fingerprint density at radius 3 is 2.64 bits per heavy atom.